The fourth-order valence-electron chi connectivity index (χ4n) is 3.36. The molecule has 0 amide bonds. The Labute approximate surface area is 144 Å². The Morgan fingerprint density at radius 2 is 1.83 bits per heavy atom. The molecule has 0 radical (unpaired) electrons. The van der Waals surface area contributed by atoms with Crippen molar-refractivity contribution in [1.82, 2.24) is 10.6 Å². The molecule has 4 nitrogen and oxygen atoms in total. The van der Waals surface area contributed by atoms with Gasteiger partial charge in [-0.15, -0.1) is 0 Å². The fraction of sp³-hybridized carbons (Fsp3) is 0.400. The van der Waals surface area contributed by atoms with E-state index in [1.54, 1.807) is 14.2 Å². The van der Waals surface area contributed by atoms with Gasteiger partial charge in [0.15, 0.2) is 0 Å². The van der Waals surface area contributed by atoms with E-state index in [1.165, 1.54) is 24.0 Å². The minimum Gasteiger partial charge on any atom is -0.497 e. The molecule has 0 aliphatic carbocycles. The van der Waals surface area contributed by atoms with Crippen LogP contribution in [0.25, 0.3) is 0 Å². The van der Waals surface area contributed by atoms with Crippen LogP contribution in [-0.4, -0.2) is 26.8 Å². The van der Waals surface area contributed by atoms with Crippen LogP contribution in [0.4, 0.5) is 0 Å². The number of hydrogen-bond donors (Lipinski definition) is 2. The van der Waals surface area contributed by atoms with Crippen LogP contribution in [0.15, 0.2) is 48.5 Å². The zero-order valence-corrected chi connectivity index (χ0v) is 14.4. The average Bonchev–Trinajstić information content (AvgIpc) is 2.67. The molecule has 2 aromatic rings. The van der Waals surface area contributed by atoms with Gasteiger partial charge in [0.1, 0.15) is 11.5 Å². The van der Waals surface area contributed by atoms with Gasteiger partial charge in [0.05, 0.1) is 14.2 Å². The summed E-state index contributed by atoms with van der Waals surface area (Å²) in [6.07, 6.45) is 2.36. The standard InChI is InChI=1S/C20H26N2O2/c1-23-17-11-9-15(10-12-17)20-18(7-5-13-21-20)22-14-16-6-3-4-8-19(16)24-2/h3-4,6,8-12,18,20-22H,5,7,13-14H2,1-2H3/t18-,20-/m0/s1. The smallest absolute Gasteiger partial charge is 0.123 e. The highest BCUT2D eigenvalue weighted by Crippen LogP contribution is 2.26. The molecule has 24 heavy (non-hydrogen) atoms. The maximum absolute atomic E-state index is 5.45. The van der Waals surface area contributed by atoms with Crippen LogP contribution in [0, 0.1) is 0 Å². The molecule has 2 atom stereocenters. The van der Waals surface area contributed by atoms with Gasteiger partial charge in [0.25, 0.3) is 0 Å². The third-order valence-electron chi connectivity index (χ3n) is 4.68. The minimum atomic E-state index is 0.319. The summed E-state index contributed by atoms with van der Waals surface area (Å²) >= 11 is 0. The summed E-state index contributed by atoms with van der Waals surface area (Å²) in [5.41, 5.74) is 2.49. The highest BCUT2D eigenvalue weighted by molar-refractivity contribution is 5.33. The summed E-state index contributed by atoms with van der Waals surface area (Å²) in [6, 6.07) is 17.3. The zero-order chi connectivity index (χ0) is 16.8. The van der Waals surface area contributed by atoms with Crippen molar-refractivity contribution in [2.75, 3.05) is 20.8 Å². The van der Waals surface area contributed by atoms with Crippen molar-refractivity contribution >= 4 is 0 Å². The second-order valence-corrected chi connectivity index (χ2v) is 6.15. The van der Waals surface area contributed by atoms with Crippen molar-refractivity contribution in [3.63, 3.8) is 0 Å². The summed E-state index contributed by atoms with van der Waals surface area (Å²) in [5, 5.41) is 7.37. The van der Waals surface area contributed by atoms with Gasteiger partial charge in [-0.05, 0) is 43.1 Å². The van der Waals surface area contributed by atoms with Crippen LogP contribution < -0.4 is 20.1 Å². The maximum Gasteiger partial charge on any atom is 0.123 e. The van der Waals surface area contributed by atoms with Gasteiger partial charge in [-0.2, -0.15) is 0 Å². The second kappa shape index (κ2) is 8.18. The van der Waals surface area contributed by atoms with Gasteiger partial charge in [-0.25, -0.2) is 0 Å². The van der Waals surface area contributed by atoms with E-state index in [4.69, 9.17) is 9.47 Å². The van der Waals surface area contributed by atoms with E-state index in [0.29, 0.717) is 12.1 Å². The zero-order valence-electron chi connectivity index (χ0n) is 14.4. The first-order valence-electron chi connectivity index (χ1n) is 8.54. The quantitative estimate of drug-likeness (QED) is 0.855. The number of hydrogen-bond acceptors (Lipinski definition) is 4. The van der Waals surface area contributed by atoms with Crippen LogP contribution >= 0.6 is 0 Å². The van der Waals surface area contributed by atoms with E-state index in [1.807, 2.05) is 24.3 Å². The monoisotopic (exact) mass is 326 g/mol. The van der Waals surface area contributed by atoms with Crippen LogP contribution in [-0.2, 0) is 6.54 Å². The Hall–Kier alpha value is -2.04. The number of methoxy groups -OCH3 is 2. The van der Waals surface area contributed by atoms with Gasteiger partial charge < -0.3 is 20.1 Å². The van der Waals surface area contributed by atoms with Crippen LogP contribution in [0.3, 0.4) is 0 Å². The van der Waals surface area contributed by atoms with Gasteiger partial charge >= 0.3 is 0 Å². The van der Waals surface area contributed by atoms with E-state index in [0.717, 1.165) is 24.6 Å². The molecule has 2 N–H and O–H groups in total. The fourth-order valence-corrected chi connectivity index (χ4v) is 3.36. The number of rotatable bonds is 6. The first kappa shape index (κ1) is 16.8. The Bertz CT molecular complexity index is 642. The average molecular weight is 326 g/mol. The predicted molar refractivity (Wildman–Crippen MR) is 96.6 cm³/mol. The first-order chi connectivity index (χ1) is 11.8. The predicted octanol–water partition coefficient (Wildman–Crippen LogP) is 3.29. The van der Waals surface area contributed by atoms with E-state index in [2.05, 4.69) is 34.9 Å². The molecular formula is C20H26N2O2. The minimum absolute atomic E-state index is 0.319. The lowest BCUT2D eigenvalue weighted by Gasteiger charge is -2.34. The number of para-hydroxylation sites is 1. The summed E-state index contributed by atoms with van der Waals surface area (Å²) in [4.78, 5) is 0. The van der Waals surface area contributed by atoms with Crippen molar-refractivity contribution < 1.29 is 9.47 Å². The molecule has 0 saturated carbocycles. The van der Waals surface area contributed by atoms with Crippen molar-refractivity contribution in [3.05, 3.63) is 59.7 Å². The normalized spacial score (nSPS) is 20.6. The van der Waals surface area contributed by atoms with E-state index >= 15 is 0 Å². The van der Waals surface area contributed by atoms with E-state index in [9.17, 15) is 0 Å². The third-order valence-corrected chi connectivity index (χ3v) is 4.68. The topological polar surface area (TPSA) is 42.5 Å². The third kappa shape index (κ3) is 3.89. The van der Waals surface area contributed by atoms with Crippen LogP contribution in [0.5, 0.6) is 11.5 Å². The number of ether oxygens (including phenoxy) is 2. The molecule has 0 bridgehead atoms. The first-order valence-corrected chi connectivity index (χ1v) is 8.54. The SMILES string of the molecule is COc1ccc([C@@H]2NCCC[C@@H]2NCc2ccccc2OC)cc1. The molecule has 128 valence electrons. The Kier molecular flexibility index (Phi) is 5.72. The van der Waals surface area contributed by atoms with Crippen molar-refractivity contribution in [2.24, 2.45) is 0 Å². The largest absolute Gasteiger partial charge is 0.497 e. The molecule has 2 aromatic carbocycles. The summed E-state index contributed by atoms with van der Waals surface area (Å²) < 4.78 is 10.7. The maximum atomic E-state index is 5.45. The molecule has 1 aliphatic heterocycles. The summed E-state index contributed by atoms with van der Waals surface area (Å²) in [6.45, 7) is 1.87. The lowest BCUT2D eigenvalue weighted by Crippen LogP contribution is -2.45. The van der Waals surface area contributed by atoms with E-state index < -0.39 is 0 Å². The lowest BCUT2D eigenvalue weighted by molar-refractivity contribution is 0.302. The van der Waals surface area contributed by atoms with Crippen molar-refractivity contribution in [3.8, 4) is 11.5 Å². The van der Waals surface area contributed by atoms with Crippen molar-refractivity contribution in [1.29, 1.82) is 0 Å². The molecule has 4 heteroatoms. The number of piperidine rings is 1. The van der Waals surface area contributed by atoms with Gasteiger partial charge in [-0.1, -0.05) is 30.3 Å². The highest BCUT2D eigenvalue weighted by atomic mass is 16.5. The lowest BCUT2D eigenvalue weighted by atomic mass is 9.92. The molecule has 1 saturated heterocycles. The molecular weight excluding hydrogens is 300 g/mol. The Morgan fingerprint density at radius 1 is 1.04 bits per heavy atom. The molecule has 1 aliphatic rings. The van der Waals surface area contributed by atoms with Gasteiger partial charge in [0, 0.05) is 24.2 Å². The summed E-state index contributed by atoms with van der Waals surface area (Å²) in [5.74, 6) is 1.84. The van der Waals surface area contributed by atoms with E-state index in [-0.39, 0.29) is 0 Å². The van der Waals surface area contributed by atoms with Gasteiger partial charge in [-0.3, -0.25) is 0 Å². The number of nitrogens with one attached hydrogen (secondary N) is 2. The molecule has 1 fully saturated rings. The summed E-state index contributed by atoms with van der Waals surface area (Å²) in [7, 11) is 3.42. The molecule has 1 heterocycles. The molecule has 0 aromatic heterocycles. The number of benzene rings is 2. The van der Waals surface area contributed by atoms with Crippen LogP contribution in [0.1, 0.15) is 30.0 Å². The molecule has 0 unspecified atom stereocenters. The Morgan fingerprint density at radius 3 is 2.58 bits per heavy atom. The highest BCUT2D eigenvalue weighted by Gasteiger charge is 2.25. The van der Waals surface area contributed by atoms with Crippen molar-refractivity contribution in [2.45, 2.75) is 31.5 Å². The second-order valence-electron chi connectivity index (χ2n) is 6.15. The van der Waals surface area contributed by atoms with Crippen LogP contribution in [0.2, 0.25) is 0 Å². The molecule has 0 spiro atoms. The Balaban J connectivity index is 1.70. The molecule has 3 rings (SSSR count). The van der Waals surface area contributed by atoms with Gasteiger partial charge in [0.2, 0.25) is 0 Å².